The molecule has 110 valence electrons. The van der Waals surface area contributed by atoms with Crippen LogP contribution in [0.2, 0.25) is 0 Å². The molecular formula is C16H23NO3. The minimum absolute atomic E-state index is 0.0817. The normalized spacial score (nSPS) is 18.1. The summed E-state index contributed by atoms with van der Waals surface area (Å²) in [5.41, 5.74) is 2.09. The van der Waals surface area contributed by atoms with Gasteiger partial charge in [0.25, 0.3) is 5.91 Å². The first-order valence-electron chi connectivity index (χ1n) is 7.17. The first-order valence-corrected chi connectivity index (χ1v) is 7.17. The number of rotatable bonds is 2. The van der Waals surface area contributed by atoms with Crippen LogP contribution in [-0.2, 0) is 0 Å². The van der Waals surface area contributed by atoms with Crippen LogP contribution >= 0.6 is 0 Å². The number of phenols is 1. The van der Waals surface area contributed by atoms with Gasteiger partial charge in [-0.3, -0.25) is 4.79 Å². The molecule has 1 aliphatic heterocycles. The summed E-state index contributed by atoms with van der Waals surface area (Å²) in [5.74, 6) is 0.239. The van der Waals surface area contributed by atoms with Crippen LogP contribution in [0.5, 0.6) is 5.75 Å². The Hall–Kier alpha value is -1.55. The Morgan fingerprint density at radius 1 is 1.30 bits per heavy atom. The summed E-state index contributed by atoms with van der Waals surface area (Å²) < 4.78 is 0. The second kappa shape index (κ2) is 5.83. The van der Waals surface area contributed by atoms with E-state index in [0.29, 0.717) is 18.7 Å². The van der Waals surface area contributed by atoms with Gasteiger partial charge < -0.3 is 15.1 Å². The molecule has 20 heavy (non-hydrogen) atoms. The van der Waals surface area contributed by atoms with Crippen LogP contribution in [0.15, 0.2) is 12.1 Å². The summed E-state index contributed by atoms with van der Waals surface area (Å²) >= 11 is 0. The summed E-state index contributed by atoms with van der Waals surface area (Å²) in [7, 11) is 0. The molecular weight excluding hydrogens is 254 g/mol. The second-order valence-electron chi connectivity index (χ2n) is 5.85. The van der Waals surface area contributed by atoms with E-state index in [9.17, 15) is 15.0 Å². The van der Waals surface area contributed by atoms with Crippen molar-refractivity contribution < 1.29 is 15.0 Å². The van der Waals surface area contributed by atoms with Crippen molar-refractivity contribution in [1.82, 2.24) is 4.90 Å². The summed E-state index contributed by atoms with van der Waals surface area (Å²) in [6.07, 6.45) is 1.31. The number of amides is 1. The van der Waals surface area contributed by atoms with E-state index in [0.717, 1.165) is 24.0 Å². The highest BCUT2D eigenvalue weighted by molar-refractivity contribution is 5.97. The predicted octanol–water partition coefficient (Wildman–Crippen LogP) is 2.24. The number of hydrogen-bond acceptors (Lipinski definition) is 3. The maximum Gasteiger partial charge on any atom is 0.257 e. The van der Waals surface area contributed by atoms with E-state index in [1.165, 1.54) is 0 Å². The number of aliphatic hydroxyl groups is 1. The second-order valence-corrected chi connectivity index (χ2v) is 5.85. The summed E-state index contributed by atoms with van der Waals surface area (Å²) in [4.78, 5) is 14.3. The van der Waals surface area contributed by atoms with Gasteiger partial charge in [0.2, 0.25) is 0 Å². The molecule has 0 radical (unpaired) electrons. The zero-order chi connectivity index (χ0) is 14.9. The number of carbonyl (C=O) groups is 1. The van der Waals surface area contributed by atoms with E-state index < -0.39 is 0 Å². The Balaban J connectivity index is 2.13. The molecule has 0 aliphatic carbocycles. The number of aromatic hydroxyl groups is 1. The van der Waals surface area contributed by atoms with Crippen molar-refractivity contribution in [1.29, 1.82) is 0 Å². The minimum atomic E-state index is -0.318. The van der Waals surface area contributed by atoms with E-state index in [2.05, 4.69) is 0 Å². The highest BCUT2D eigenvalue weighted by Gasteiger charge is 2.27. The summed E-state index contributed by atoms with van der Waals surface area (Å²) in [5, 5.41) is 19.7. The zero-order valence-electron chi connectivity index (χ0n) is 12.4. The molecule has 0 aromatic heterocycles. The molecule has 1 aromatic carbocycles. The number of carbonyl (C=O) groups excluding carboxylic acids is 1. The molecule has 0 bridgehead atoms. The van der Waals surface area contributed by atoms with Crippen LogP contribution < -0.4 is 0 Å². The maximum atomic E-state index is 12.5. The quantitative estimate of drug-likeness (QED) is 0.871. The number of benzene rings is 1. The fourth-order valence-corrected chi connectivity index (χ4v) is 2.88. The van der Waals surface area contributed by atoms with Crippen LogP contribution in [-0.4, -0.2) is 40.2 Å². The number of aliphatic hydroxyl groups excluding tert-OH is 1. The maximum absolute atomic E-state index is 12.5. The van der Waals surface area contributed by atoms with Gasteiger partial charge in [-0.15, -0.1) is 0 Å². The lowest BCUT2D eigenvalue weighted by Gasteiger charge is -2.33. The lowest BCUT2D eigenvalue weighted by atomic mass is 9.91. The van der Waals surface area contributed by atoms with Gasteiger partial charge in [-0.1, -0.05) is 6.07 Å². The van der Waals surface area contributed by atoms with E-state index >= 15 is 0 Å². The Morgan fingerprint density at radius 3 is 2.45 bits per heavy atom. The van der Waals surface area contributed by atoms with Crippen LogP contribution in [0.4, 0.5) is 0 Å². The first-order chi connectivity index (χ1) is 9.40. The number of aryl methyl sites for hydroxylation is 2. The topological polar surface area (TPSA) is 60.8 Å². The molecule has 1 fully saturated rings. The van der Waals surface area contributed by atoms with Crippen LogP contribution in [0.1, 0.15) is 41.3 Å². The van der Waals surface area contributed by atoms with Gasteiger partial charge in [-0.2, -0.15) is 0 Å². The smallest absolute Gasteiger partial charge is 0.257 e. The fraction of sp³-hybridized carbons (Fsp3) is 0.562. The highest BCUT2D eigenvalue weighted by atomic mass is 16.3. The number of hydrogen-bond donors (Lipinski definition) is 2. The average molecular weight is 277 g/mol. The lowest BCUT2D eigenvalue weighted by Crippen LogP contribution is -2.40. The van der Waals surface area contributed by atoms with Gasteiger partial charge in [-0.05, 0) is 56.7 Å². The van der Waals surface area contributed by atoms with Gasteiger partial charge in [0.05, 0.1) is 11.7 Å². The highest BCUT2D eigenvalue weighted by Crippen LogP contribution is 2.27. The van der Waals surface area contributed by atoms with Crippen molar-refractivity contribution in [2.75, 3.05) is 13.1 Å². The molecule has 1 unspecified atom stereocenters. The monoisotopic (exact) mass is 277 g/mol. The molecule has 4 heteroatoms. The third kappa shape index (κ3) is 2.96. The SMILES string of the molecule is Cc1cc(C)c(O)c(C(=O)N2CCC(C(C)O)CC2)c1. The van der Waals surface area contributed by atoms with Crippen molar-refractivity contribution in [3.8, 4) is 5.75 Å². The fourth-order valence-electron chi connectivity index (χ4n) is 2.88. The molecule has 2 rings (SSSR count). The number of phenolic OH excluding ortho intramolecular Hbond substituents is 1. The van der Waals surface area contributed by atoms with Crippen molar-refractivity contribution in [2.24, 2.45) is 5.92 Å². The number of piperidine rings is 1. The van der Waals surface area contributed by atoms with Crippen molar-refractivity contribution in [2.45, 2.75) is 39.7 Å². The van der Waals surface area contributed by atoms with Gasteiger partial charge in [-0.25, -0.2) is 0 Å². The van der Waals surface area contributed by atoms with Crippen molar-refractivity contribution in [3.05, 3.63) is 28.8 Å². The number of nitrogens with zero attached hydrogens (tertiary/aromatic N) is 1. The Bertz CT molecular complexity index is 503. The molecule has 0 saturated carbocycles. The molecule has 4 nitrogen and oxygen atoms in total. The Labute approximate surface area is 120 Å². The largest absolute Gasteiger partial charge is 0.507 e. The molecule has 1 heterocycles. The molecule has 1 saturated heterocycles. The van der Waals surface area contributed by atoms with Crippen LogP contribution in [0.3, 0.4) is 0 Å². The minimum Gasteiger partial charge on any atom is -0.507 e. The molecule has 1 atom stereocenters. The van der Waals surface area contributed by atoms with E-state index in [4.69, 9.17) is 0 Å². The third-order valence-electron chi connectivity index (χ3n) is 4.18. The van der Waals surface area contributed by atoms with Crippen LogP contribution in [0.25, 0.3) is 0 Å². The first kappa shape index (κ1) is 14.9. The Kier molecular flexibility index (Phi) is 4.33. The van der Waals surface area contributed by atoms with Gasteiger partial charge in [0.1, 0.15) is 5.75 Å². The zero-order valence-corrected chi connectivity index (χ0v) is 12.4. The standard InChI is InChI=1S/C16H23NO3/c1-10-8-11(2)15(19)14(9-10)16(20)17-6-4-13(5-7-17)12(3)18/h8-9,12-13,18-19H,4-7H2,1-3H3. The van der Waals surface area contributed by atoms with Crippen molar-refractivity contribution in [3.63, 3.8) is 0 Å². The molecule has 2 N–H and O–H groups in total. The molecule has 1 amide bonds. The van der Waals surface area contributed by atoms with Gasteiger partial charge in [0.15, 0.2) is 0 Å². The third-order valence-corrected chi connectivity index (χ3v) is 4.18. The molecule has 1 aromatic rings. The predicted molar refractivity (Wildman–Crippen MR) is 77.9 cm³/mol. The lowest BCUT2D eigenvalue weighted by molar-refractivity contribution is 0.0519. The van der Waals surface area contributed by atoms with E-state index in [1.54, 1.807) is 24.8 Å². The molecule has 1 aliphatic rings. The summed E-state index contributed by atoms with van der Waals surface area (Å²) in [6.45, 7) is 6.81. The van der Waals surface area contributed by atoms with Gasteiger partial charge in [0, 0.05) is 13.1 Å². The molecule has 0 spiro atoms. The van der Waals surface area contributed by atoms with Crippen LogP contribution in [0, 0.1) is 19.8 Å². The van der Waals surface area contributed by atoms with E-state index in [-0.39, 0.29) is 23.7 Å². The summed E-state index contributed by atoms with van der Waals surface area (Å²) in [6, 6.07) is 3.61. The Morgan fingerprint density at radius 2 is 1.90 bits per heavy atom. The van der Waals surface area contributed by atoms with Crippen molar-refractivity contribution >= 4 is 5.91 Å². The van der Waals surface area contributed by atoms with E-state index in [1.807, 2.05) is 13.0 Å². The number of likely N-dealkylation sites (tertiary alicyclic amines) is 1. The van der Waals surface area contributed by atoms with Gasteiger partial charge >= 0.3 is 0 Å². The average Bonchev–Trinajstić information content (AvgIpc) is 2.42.